The summed E-state index contributed by atoms with van der Waals surface area (Å²) in [7, 11) is 0. The summed E-state index contributed by atoms with van der Waals surface area (Å²) >= 11 is 0. The molecule has 17 heavy (non-hydrogen) atoms. The second-order valence-electron chi connectivity index (χ2n) is 6.27. The van der Waals surface area contributed by atoms with Gasteiger partial charge in [0, 0.05) is 6.04 Å². The summed E-state index contributed by atoms with van der Waals surface area (Å²) in [6.07, 6.45) is 16.0. The molecule has 0 saturated heterocycles. The van der Waals surface area contributed by atoms with Crippen molar-refractivity contribution < 1.29 is 0 Å². The molecule has 0 aromatic rings. The van der Waals surface area contributed by atoms with Gasteiger partial charge in [-0.25, -0.2) is 0 Å². The van der Waals surface area contributed by atoms with E-state index in [1.807, 2.05) is 0 Å². The summed E-state index contributed by atoms with van der Waals surface area (Å²) in [5.41, 5.74) is 0. The molecule has 0 aromatic heterocycles. The Bertz CT molecular complexity index is 202. The van der Waals surface area contributed by atoms with Gasteiger partial charge < -0.3 is 5.32 Å². The quantitative estimate of drug-likeness (QED) is 0.551. The molecule has 0 bridgehead atoms. The van der Waals surface area contributed by atoms with E-state index in [2.05, 4.69) is 12.2 Å². The number of hydrogen-bond acceptors (Lipinski definition) is 1. The minimum atomic E-state index is 0.907. The number of nitrogens with one attached hydrogen (secondary N) is 1. The zero-order chi connectivity index (χ0) is 11.9. The monoisotopic (exact) mass is 237 g/mol. The van der Waals surface area contributed by atoms with E-state index in [0.29, 0.717) is 0 Å². The van der Waals surface area contributed by atoms with E-state index >= 15 is 0 Å². The Morgan fingerprint density at radius 2 is 1.59 bits per heavy atom. The normalized spacial score (nSPS) is 30.5. The third kappa shape index (κ3) is 4.62. The Morgan fingerprint density at radius 1 is 0.882 bits per heavy atom. The van der Waals surface area contributed by atoms with Crippen LogP contribution in [0.1, 0.15) is 77.6 Å². The third-order valence-electron chi connectivity index (χ3n) is 4.78. The van der Waals surface area contributed by atoms with Gasteiger partial charge in [-0.2, -0.15) is 0 Å². The fourth-order valence-corrected chi connectivity index (χ4v) is 3.50. The second-order valence-corrected chi connectivity index (χ2v) is 6.27. The van der Waals surface area contributed by atoms with Gasteiger partial charge in [0.1, 0.15) is 0 Å². The lowest BCUT2D eigenvalue weighted by Gasteiger charge is -2.13. The van der Waals surface area contributed by atoms with Crippen LogP contribution in [0.15, 0.2) is 0 Å². The van der Waals surface area contributed by atoms with Gasteiger partial charge in [0.2, 0.25) is 0 Å². The van der Waals surface area contributed by atoms with Crippen LogP contribution in [0.4, 0.5) is 0 Å². The largest absolute Gasteiger partial charge is 0.314 e. The van der Waals surface area contributed by atoms with E-state index in [1.165, 1.54) is 77.2 Å². The minimum absolute atomic E-state index is 0.907. The highest BCUT2D eigenvalue weighted by atomic mass is 14.9. The Kier molecular flexibility index (Phi) is 5.84. The molecule has 1 nitrogen and oxygen atoms in total. The number of fused-ring (bicyclic) bond motifs is 1. The lowest BCUT2D eigenvalue weighted by Crippen LogP contribution is -2.29. The lowest BCUT2D eigenvalue weighted by molar-refractivity contribution is 0.459. The van der Waals surface area contributed by atoms with E-state index in [-0.39, 0.29) is 0 Å². The topological polar surface area (TPSA) is 12.0 Å². The highest BCUT2D eigenvalue weighted by Gasteiger charge is 2.47. The molecule has 1 unspecified atom stereocenters. The third-order valence-corrected chi connectivity index (χ3v) is 4.78. The van der Waals surface area contributed by atoms with Gasteiger partial charge in [0.05, 0.1) is 0 Å². The van der Waals surface area contributed by atoms with Crippen LogP contribution >= 0.6 is 0 Å². The summed E-state index contributed by atoms with van der Waals surface area (Å²) in [5.74, 6) is 2.22. The van der Waals surface area contributed by atoms with Crippen molar-refractivity contribution in [2.45, 2.75) is 83.6 Å². The first-order valence-corrected chi connectivity index (χ1v) is 8.15. The molecule has 0 heterocycles. The van der Waals surface area contributed by atoms with Crippen molar-refractivity contribution >= 4 is 0 Å². The maximum Gasteiger partial charge on any atom is 0.00981 e. The molecule has 2 rings (SSSR count). The zero-order valence-electron chi connectivity index (χ0n) is 11.7. The first kappa shape index (κ1) is 13.4. The van der Waals surface area contributed by atoms with Crippen LogP contribution < -0.4 is 5.32 Å². The molecule has 2 fully saturated rings. The van der Waals surface area contributed by atoms with E-state index < -0.39 is 0 Å². The maximum absolute atomic E-state index is 3.78. The van der Waals surface area contributed by atoms with Crippen molar-refractivity contribution in [1.29, 1.82) is 0 Å². The Labute approximate surface area is 108 Å². The van der Waals surface area contributed by atoms with Crippen molar-refractivity contribution in [3.63, 3.8) is 0 Å². The molecule has 100 valence electrons. The molecule has 2 aliphatic carbocycles. The minimum Gasteiger partial charge on any atom is -0.314 e. The molecular weight excluding hydrogens is 206 g/mol. The SMILES string of the molecule is CCCCCCCCCCNC1CC[C@H]2C[C@@H]12. The van der Waals surface area contributed by atoms with E-state index in [9.17, 15) is 0 Å². The second kappa shape index (κ2) is 7.41. The molecule has 1 N–H and O–H groups in total. The highest BCUT2D eigenvalue weighted by Crippen LogP contribution is 2.51. The van der Waals surface area contributed by atoms with Crippen LogP contribution in [0.5, 0.6) is 0 Å². The van der Waals surface area contributed by atoms with Gasteiger partial charge in [0.15, 0.2) is 0 Å². The summed E-state index contributed by atoms with van der Waals surface area (Å²) in [6, 6.07) is 0.907. The molecule has 1 heteroatoms. The Balaban J connectivity index is 1.32. The Hall–Kier alpha value is -0.0400. The van der Waals surface area contributed by atoms with Crippen molar-refractivity contribution in [1.82, 2.24) is 5.32 Å². The number of rotatable bonds is 10. The van der Waals surface area contributed by atoms with Crippen LogP contribution in [0.3, 0.4) is 0 Å². The molecule has 0 aromatic carbocycles. The first-order valence-electron chi connectivity index (χ1n) is 8.15. The van der Waals surface area contributed by atoms with Crippen LogP contribution in [0.25, 0.3) is 0 Å². The molecule has 2 aliphatic rings. The van der Waals surface area contributed by atoms with Gasteiger partial charge in [-0.1, -0.05) is 51.9 Å². The molecule has 3 atom stereocenters. The van der Waals surface area contributed by atoms with Crippen molar-refractivity contribution in [2.24, 2.45) is 11.8 Å². The summed E-state index contributed by atoms with van der Waals surface area (Å²) in [5, 5.41) is 3.78. The van der Waals surface area contributed by atoms with E-state index in [1.54, 1.807) is 0 Å². The standard InChI is InChI=1S/C16H31N/c1-2-3-4-5-6-7-8-9-12-17-16-11-10-14-13-15(14)16/h14-17H,2-13H2,1H3/t14-,15+,16?/m0/s1. The predicted molar refractivity (Wildman–Crippen MR) is 75.2 cm³/mol. The molecule has 0 radical (unpaired) electrons. The number of unbranched alkanes of at least 4 members (excludes halogenated alkanes) is 7. The molecule has 0 spiro atoms. The van der Waals surface area contributed by atoms with Crippen LogP contribution in [-0.2, 0) is 0 Å². The molecule has 0 amide bonds. The van der Waals surface area contributed by atoms with Crippen LogP contribution in [0.2, 0.25) is 0 Å². The summed E-state index contributed by atoms with van der Waals surface area (Å²) < 4.78 is 0. The summed E-state index contributed by atoms with van der Waals surface area (Å²) in [6.45, 7) is 3.57. The smallest absolute Gasteiger partial charge is 0.00981 e. The molecular formula is C16H31N. The molecule has 0 aliphatic heterocycles. The lowest BCUT2D eigenvalue weighted by atomic mass is 10.1. The Morgan fingerprint density at radius 3 is 2.18 bits per heavy atom. The van der Waals surface area contributed by atoms with Gasteiger partial charge >= 0.3 is 0 Å². The maximum atomic E-state index is 3.78. The van der Waals surface area contributed by atoms with Gasteiger partial charge in [-0.3, -0.25) is 0 Å². The van der Waals surface area contributed by atoms with E-state index in [0.717, 1.165) is 17.9 Å². The first-order chi connectivity index (χ1) is 8.42. The fraction of sp³-hybridized carbons (Fsp3) is 1.00. The van der Waals surface area contributed by atoms with Gasteiger partial charge in [0.25, 0.3) is 0 Å². The zero-order valence-corrected chi connectivity index (χ0v) is 11.7. The average molecular weight is 237 g/mol. The highest BCUT2D eigenvalue weighted by molar-refractivity contribution is 5.01. The summed E-state index contributed by atoms with van der Waals surface area (Å²) in [4.78, 5) is 0. The fourth-order valence-electron chi connectivity index (χ4n) is 3.50. The van der Waals surface area contributed by atoms with Crippen LogP contribution in [0, 0.1) is 11.8 Å². The van der Waals surface area contributed by atoms with Crippen molar-refractivity contribution in [3.05, 3.63) is 0 Å². The van der Waals surface area contributed by atoms with Gasteiger partial charge in [-0.15, -0.1) is 0 Å². The predicted octanol–water partition coefficient (Wildman–Crippen LogP) is 4.52. The number of hydrogen-bond donors (Lipinski definition) is 1. The van der Waals surface area contributed by atoms with E-state index in [4.69, 9.17) is 0 Å². The average Bonchev–Trinajstić information content (AvgIpc) is 3.02. The van der Waals surface area contributed by atoms with Crippen molar-refractivity contribution in [3.8, 4) is 0 Å². The van der Waals surface area contributed by atoms with Crippen molar-refractivity contribution in [2.75, 3.05) is 6.54 Å². The molecule has 2 saturated carbocycles. The van der Waals surface area contributed by atoms with Crippen LogP contribution in [-0.4, -0.2) is 12.6 Å². The van der Waals surface area contributed by atoms with Gasteiger partial charge in [-0.05, 0) is 44.1 Å².